The van der Waals surface area contributed by atoms with Gasteiger partial charge in [0.2, 0.25) is 0 Å². The molecule has 0 aliphatic carbocycles. The second kappa shape index (κ2) is 3.80. The molecular weight excluding hydrogens is 176 g/mol. The van der Waals surface area contributed by atoms with Crippen LogP contribution in [0.2, 0.25) is 0 Å². The molecule has 0 aromatic rings. The van der Waals surface area contributed by atoms with Gasteiger partial charge in [-0.25, -0.2) is 0 Å². The summed E-state index contributed by atoms with van der Waals surface area (Å²) in [5.41, 5.74) is 6.14. The zero-order chi connectivity index (χ0) is 10.2. The molecule has 2 N–H and O–H groups in total. The first-order chi connectivity index (χ1) is 6.59. The summed E-state index contributed by atoms with van der Waals surface area (Å²) in [6.45, 7) is 7.49. The molecule has 0 aromatic carbocycles. The molecule has 0 spiro atoms. The fourth-order valence-electron chi connectivity index (χ4n) is 2.45. The Hall–Kier alpha value is -0.120. The van der Waals surface area contributed by atoms with E-state index in [0.717, 1.165) is 26.1 Å². The SMILES string of the molecule is CCC(C)(N)CN1CC2CCC(C1)O2. The van der Waals surface area contributed by atoms with Crippen LogP contribution in [0.5, 0.6) is 0 Å². The van der Waals surface area contributed by atoms with Crippen molar-refractivity contribution in [2.75, 3.05) is 19.6 Å². The minimum absolute atomic E-state index is 0.0310. The Morgan fingerprint density at radius 2 is 1.93 bits per heavy atom. The Labute approximate surface area is 86.6 Å². The molecule has 14 heavy (non-hydrogen) atoms. The summed E-state index contributed by atoms with van der Waals surface area (Å²) >= 11 is 0. The van der Waals surface area contributed by atoms with Gasteiger partial charge in [-0.1, -0.05) is 6.92 Å². The lowest BCUT2D eigenvalue weighted by Crippen LogP contribution is -2.52. The van der Waals surface area contributed by atoms with E-state index in [-0.39, 0.29) is 5.54 Å². The molecule has 0 amide bonds. The first-order valence-electron chi connectivity index (χ1n) is 5.76. The first-order valence-corrected chi connectivity index (χ1v) is 5.76. The van der Waals surface area contributed by atoms with Gasteiger partial charge in [0.1, 0.15) is 0 Å². The van der Waals surface area contributed by atoms with Crippen molar-refractivity contribution in [3.8, 4) is 0 Å². The lowest BCUT2D eigenvalue weighted by atomic mass is 9.99. The van der Waals surface area contributed by atoms with Crippen LogP contribution in [0.25, 0.3) is 0 Å². The highest BCUT2D eigenvalue weighted by atomic mass is 16.5. The molecule has 0 aromatic heterocycles. The second-order valence-corrected chi connectivity index (χ2v) is 5.16. The van der Waals surface area contributed by atoms with Crippen molar-refractivity contribution in [2.45, 2.75) is 50.9 Å². The number of hydrogen-bond acceptors (Lipinski definition) is 3. The molecule has 82 valence electrons. The van der Waals surface area contributed by atoms with Gasteiger partial charge in [0.25, 0.3) is 0 Å². The van der Waals surface area contributed by atoms with E-state index >= 15 is 0 Å². The zero-order valence-corrected chi connectivity index (χ0v) is 9.33. The Bertz CT molecular complexity index is 193. The summed E-state index contributed by atoms with van der Waals surface area (Å²) in [4.78, 5) is 2.48. The lowest BCUT2D eigenvalue weighted by Gasteiger charge is -2.37. The summed E-state index contributed by atoms with van der Waals surface area (Å²) < 4.78 is 5.79. The predicted octanol–water partition coefficient (Wildman–Crippen LogP) is 0.977. The molecule has 2 rings (SSSR count). The van der Waals surface area contributed by atoms with Crippen molar-refractivity contribution in [1.82, 2.24) is 4.90 Å². The van der Waals surface area contributed by atoms with Gasteiger partial charge in [0.05, 0.1) is 12.2 Å². The molecule has 3 atom stereocenters. The third kappa shape index (κ3) is 2.27. The minimum atomic E-state index is -0.0310. The van der Waals surface area contributed by atoms with Crippen molar-refractivity contribution in [3.05, 3.63) is 0 Å². The average Bonchev–Trinajstić information content (AvgIpc) is 2.45. The molecule has 2 bridgehead atoms. The summed E-state index contributed by atoms with van der Waals surface area (Å²) in [5, 5.41) is 0. The second-order valence-electron chi connectivity index (χ2n) is 5.16. The van der Waals surface area contributed by atoms with Crippen molar-refractivity contribution in [2.24, 2.45) is 5.73 Å². The molecule has 3 unspecified atom stereocenters. The normalized spacial score (nSPS) is 37.1. The fourth-order valence-corrected chi connectivity index (χ4v) is 2.45. The van der Waals surface area contributed by atoms with Gasteiger partial charge in [0.15, 0.2) is 0 Å². The Kier molecular flexibility index (Phi) is 2.82. The quantitative estimate of drug-likeness (QED) is 0.734. The predicted molar refractivity (Wildman–Crippen MR) is 57.2 cm³/mol. The number of hydrogen-bond donors (Lipinski definition) is 1. The molecule has 2 heterocycles. The largest absolute Gasteiger partial charge is 0.372 e. The minimum Gasteiger partial charge on any atom is -0.372 e. The van der Waals surface area contributed by atoms with Crippen LogP contribution < -0.4 is 5.73 Å². The molecular formula is C11H22N2O. The van der Waals surface area contributed by atoms with Gasteiger partial charge >= 0.3 is 0 Å². The lowest BCUT2D eigenvalue weighted by molar-refractivity contribution is -0.0435. The van der Waals surface area contributed by atoms with E-state index in [2.05, 4.69) is 18.7 Å². The smallest absolute Gasteiger partial charge is 0.0707 e. The molecule has 2 saturated heterocycles. The van der Waals surface area contributed by atoms with E-state index in [9.17, 15) is 0 Å². The molecule has 2 aliphatic rings. The summed E-state index contributed by atoms with van der Waals surface area (Å²) in [6, 6.07) is 0. The van der Waals surface area contributed by atoms with Crippen LogP contribution in [0.15, 0.2) is 0 Å². The van der Waals surface area contributed by atoms with Crippen LogP contribution in [-0.2, 0) is 4.74 Å². The maximum Gasteiger partial charge on any atom is 0.0707 e. The highest BCUT2D eigenvalue weighted by Gasteiger charge is 2.35. The third-order valence-corrected chi connectivity index (χ3v) is 3.51. The number of nitrogens with two attached hydrogens (primary N) is 1. The van der Waals surface area contributed by atoms with E-state index in [4.69, 9.17) is 10.5 Å². The van der Waals surface area contributed by atoms with E-state index in [1.807, 2.05) is 0 Å². The average molecular weight is 198 g/mol. The first kappa shape index (κ1) is 10.4. The van der Waals surface area contributed by atoms with Gasteiger partial charge < -0.3 is 10.5 Å². The van der Waals surface area contributed by atoms with Crippen LogP contribution in [0, 0.1) is 0 Å². The maximum atomic E-state index is 6.18. The van der Waals surface area contributed by atoms with Gasteiger partial charge in [-0.2, -0.15) is 0 Å². The van der Waals surface area contributed by atoms with Gasteiger partial charge in [-0.15, -0.1) is 0 Å². The van der Waals surface area contributed by atoms with Crippen molar-refractivity contribution >= 4 is 0 Å². The highest BCUT2D eigenvalue weighted by molar-refractivity contribution is 4.89. The fraction of sp³-hybridized carbons (Fsp3) is 1.00. The molecule has 3 heteroatoms. The van der Waals surface area contributed by atoms with Crippen molar-refractivity contribution in [3.63, 3.8) is 0 Å². The van der Waals surface area contributed by atoms with Crippen molar-refractivity contribution < 1.29 is 4.74 Å². The van der Waals surface area contributed by atoms with E-state index in [1.54, 1.807) is 0 Å². The standard InChI is InChI=1S/C11H22N2O/c1-3-11(2,12)8-13-6-9-4-5-10(7-13)14-9/h9-10H,3-8,12H2,1-2H3. The third-order valence-electron chi connectivity index (χ3n) is 3.51. The Morgan fingerprint density at radius 3 is 2.43 bits per heavy atom. The van der Waals surface area contributed by atoms with Gasteiger partial charge in [0, 0.05) is 25.2 Å². The number of morpholine rings is 1. The zero-order valence-electron chi connectivity index (χ0n) is 9.33. The monoisotopic (exact) mass is 198 g/mol. The topological polar surface area (TPSA) is 38.5 Å². The molecule has 3 nitrogen and oxygen atoms in total. The number of ether oxygens (including phenoxy) is 1. The number of rotatable bonds is 3. The van der Waals surface area contributed by atoms with Crippen LogP contribution in [0.3, 0.4) is 0 Å². The van der Waals surface area contributed by atoms with Crippen LogP contribution in [-0.4, -0.2) is 42.3 Å². The Morgan fingerprint density at radius 1 is 1.36 bits per heavy atom. The van der Waals surface area contributed by atoms with Gasteiger partial charge in [-0.3, -0.25) is 4.90 Å². The van der Waals surface area contributed by atoms with Crippen molar-refractivity contribution in [1.29, 1.82) is 0 Å². The summed E-state index contributed by atoms with van der Waals surface area (Å²) in [6.07, 6.45) is 4.51. The molecule has 2 aliphatic heterocycles. The highest BCUT2D eigenvalue weighted by Crippen LogP contribution is 2.27. The number of likely N-dealkylation sites (tertiary alicyclic amines) is 1. The Balaban J connectivity index is 1.88. The van der Waals surface area contributed by atoms with E-state index in [0.29, 0.717) is 12.2 Å². The van der Waals surface area contributed by atoms with Crippen LogP contribution in [0.4, 0.5) is 0 Å². The van der Waals surface area contributed by atoms with E-state index in [1.165, 1.54) is 12.8 Å². The molecule has 0 saturated carbocycles. The number of nitrogens with zero attached hydrogens (tertiary/aromatic N) is 1. The summed E-state index contributed by atoms with van der Waals surface area (Å²) in [7, 11) is 0. The molecule has 2 fully saturated rings. The van der Waals surface area contributed by atoms with Crippen LogP contribution >= 0.6 is 0 Å². The van der Waals surface area contributed by atoms with Gasteiger partial charge in [-0.05, 0) is 26.2 Å². The number of fused-ring (bicyclic) bond motifs is 2. The summed E-state index contributed by atoms with van der Waals surface area (Å²) in [5.74, 6) is 0. The van der Waals surface area contributed by atoms with E-state index < -0.39 is 0 Å². The molecule has 0 radical (unpaired) electrons. The maximum absolute atomic E-state index is 6.18. The van der Waals surface area contributed by atoms with Crippen LogP contribution in [0.1, 0.15) is 33.1 Å².